The standard InChI is InChI=1S/C24H32N2O4S/c1-6-13-30-20-12-11-18(14-21(20)29-5)17(4)26-24(28)19-9-7-8-10-22(19)31-15-23(27)25-16(2)3/h7-12,14,16-17H,6,13,15H2,1-5H3,(H,25,27)(H,26,28). The summed E-state index contributed by atoms with van der Waals surface area (Å²) in [7, 11) is 1.60. The van der Waals surface area contributed by atoms with Gasteiger partial charge in [0, 0.05) is 10.9 Å². The first-order chi connectivity index (χ1) is 14.8. The second-order valence-corrected chi connectivity index (χ2v) is 8.48. The minimum atomic E-state index is -0.232. The molecule has 0 aliphatic carbocycles. The minimum Gasteiger partial charge on any atom is -0.493 e. The molecule has 6 nitrogen and oxygen atoms in total. The predicted octanol–water partition coefficient (Wildman–Crippen LogP) is 4.59. The molecule has 0 aromatic heterocycles. The lowest BCUT2D eigenvalue weighted by molar-refractivity contribution is -0.119. The number of hydrogen-bond donors (Lipinski definition) is 2. The summed E-state index contributed by atoms with van der Waals surface area (Å²) in [6, 6.07) is 12.8. The smallest absolute Gasteiger partial charge is 0.252 e. The number of carbonyl (C=O) groups excluding carboxylic acids is 2. The molecule has 0 fully saturated rings. The number of amides is 2. The highest BCUT2D eigenvalue weighted by molar-refractivity contribution is 8.00. The van der Waals surface area contributed by atoms with Crippen molar-refractivity contribution in [1.82, 2.24) is 10.6 Å². The first-order valence-electron chi connectivity index (χ1n) is 10.5. The molecule has 2 rings (SSSR count). The van der Waals surface area contributed by atoms with E-state index < -0.39 is 0 Å². The van der Waals surface area contributed by atoms with Crippen LogP contribution < -0.4 is 20.1 Å². The van der Waals surface area contributed by atoms with Gasteiger partial charge in [0.05, 0.1) is 31.1 Å². The molecule has 7 heteroatoms. The molecule has 0 radical (unpaired) electrons. The number of carbonyl (C=O) groups is 2. The third-order valence-corrected chi connectivity index (χ3v) is 5.51. The number of thioether (sulfide) groups is 1. The van der Waals surface area contributed by atoms with Crippen molar-refractivity contribution in [2.24, 2.45) is 0 Å². The molecule has 0 heterocycles. The van der Waals surface area contributed by atoms with Gasteiger partial charge in [-0.15, -0.1) is 11.8 Å². The van der Waals surface area contributed by atoms with Gasteiger partial charge in [0.2, 0.25) is 5.91 Å². The largest absolute Gasteiger partial charge is 0.493 e. The van der Waals surface area contributed by atoms with Gasteiger partial charge in [-0.25, -0.2) is 0 Å². The highest BCUT2D eigenvalue weighted by atomic mass is 32.2. The average Bonchev–Trinajstić information content (AvgIpc) is 2.75. The molecule has 31 heavy (non-hydrogen) atoms. The predicted molar refractivity (Wildman–Crippen MR) is 125 cm³/mol. The van der Waals surface area contributed by atoms with E-state index in [9.17, 15) is 9.59 Å². The molecule has 0 aliphatic rings. The van der Waals surface area contributed by atoms with E-state index >= 15 is 0 Å². The van der Waals surface area contributed by atoms with Gasteiger partial charge >= 0.3 is 0 Å². The van der Waals surface area contributed by atoms with Crippen LogP contribution in [-0.4, -0.2) is 37.3 Å². The summed E-state index contributed by atoms with van der Waals surface area (Å²) >= 11 is 1.35. The maximum absolute atomic E-state index is 13.0. The number of rotatable bonds is 11. The fraction of sp³-hybridized carbons (Fsp3) is 0.417. The van der Waals surface area contributed by atoms with E-state index in [2.05, 4.69) is 10.6 Å². The molecular weight excluding hydrogens is 412 g/mol. The van der Waals surface area contributed by atoms with E-state index in [-0.39, 0.29) is 29.7 Å². The second kappa shape index (κ2) is 12.2. The van der Waals surface area contributed by atoms with Crippen molar-refractivity contribution in [3.8, 4) is 11.5 Å². The molecule has 2 amide bonds. The van der Waals surface area contributed by atoms with E-state index in [1.807, 2.05) is 64.1 Å². The number of nitrogens with one attached hydrogen (secondary N) is 2. The zero-order valence-corrected chi connectivity index (χ0v) is 19.7. The van der Waals surface area contributed by atoms with E-state index in [0.717, 1.165) is 16.9 Å². The average molecular weight is 445 g/mol. The molecule has 0 bridgehead atoms. The van der Waals surface area contributed by atoms with Gasteiger partial charge < -0.3 is 20.1 Å². The van der Waals surface area contributed by atoms with Crippen LogP contribution in [-0.2, 0) is 4.79 Å². The van der Waals surface area contributed by atoms with Crippen molar-refractivity contribution in [2.75, 3.05) is 19.5 Å². The summed E-state index contributed by atoms with van der Waals surface area (Å²) in [5.74, 6) is 1.34. The molecule has 2 aromatic carbocycles. The van der Waals surface area contributed by atoms with Crippen LogP contribution in [0, 0.1) is 0 Å². The summed E-state index contributed by atoms with van der Waals surface area (Å²) in [4.78, 5) is 25.7. The van der Waals surface area contributed by atoms with Crippen molar-refractivity contribution in [2.45, 2.75) is 51.1 Å². The van der Waals surface area contributed by atoms with E-state index in [1.54, 1.807) is 13.2 Å². The molecule has 0 saturated carbocycles. The van der Waals surface area contributed by atoms with E-state index in [1.165, 1.54) is 11.8 Å². The third-order valence-electron chi connectivity index (χ3n) is 4.44. The highest BCUT2D eigenvalue weighted by Gasteiger charge is 2.17. The monoisotopic (exact) mass is 444 g/mol. The number of hydrogen-bond acceptors (Lipinski definition) is 5. The Labute approximate surface area is 189 Å². The first-order valence-corrected chi connectivity index (χ1v) is 11.5. The summed E-state index contributed by atoms with van der Waals surface area (Å²) in [5.41, 5.74) is 1.46. The van der Waals surface area contributed by atoms with Crippen LogP contribution in [0.2, 0.25) is 0 Å². The maximum atomic E-state index is 13.0. The van der Waals surface area contributed by atoms with Crippen LogP contribution in [0.3, 0.4) is 0 Å². The van der Waals surface area contributed by atoms with Gasteiger partial charge in [-0.3, -0.25) is 9.59 Å². The summed E-state index contributed by atoms with van der Waals surface area (Å²) in [5, 5.41) is 5.90. The Bertz CT molecular complexity index is 886. The normalized spacial score (nSPS) is 11.7. The Morgan fingerprint density at radius 3 is 2.45 bits per heavy atom. The van der Waals surface area contributed by atoms with Crippen molar-refractivity contribution in [1.29, 1.82) is 0 Å². The molecule has 168 valence electrons. The van der Waals surface area contributed by atoms with Crippen molar-refractivity contribution in [3.05, 3.63) is 53.6 Å². The maximum Gasteiger partial charge on any atom is 0.252 e. The molecule has 1 atom stereocenters. The lowest BCUT2D eigenvalue weighted by Crippen LogP contribution is -2.31. The number of ether oxygens (including phenoxy) is 2. The molecule has 1 unspecified atom stereocenters. The van der Waals surface area contributed by atoms with Crippen molar-refractivity contribution < 1.29 is 19.1 Å². The Morgan fingerprint density at radius 1 is 1.03 bits per heavy atom. The summed E-state index contributed by atoms with van der Waals surface area (Å²) in [6.45, 7) is 8.42. The second-order valence-electron chi connectivity index (χ2n) is 7.46. The SMILES string of the molecule is CCCOc1ccc(C(C)NC(=O)c2ccccc2SCC(=O)NC(C)C)cc1OC. The Morgan fingerprint density at radius 2 is 1.77 bits per heavy atom. The fourth-order valence-corrected chi connectivity index (χ4v) is 3.79. The van der Waals surface area contributed by atoms with Gasteiger partial charge in [-0.2, -0.15) is 0 Å². The zero-order chi connectivity index (χ0) is 22.8. The third kappa shape index (κ3) is 7.51. The van der Waals surface area contributed by atoms with E-state index in [0.29, 0.717) is 23.7 Å². The zero-order valence-electron chi connectivity index (χ0n) is 18.9. The molecule has 2 N–H and O–H groups in total. The van der Waals surface area contributed by atoms with Crippen LogP contribution in [0.5, 0.6) is 11.5 Å². The lowest BCUT2D eigenvalue weighted by atomic mass is 10.1. The van der Waals surface area contributed by atoms with Crippen LogP contribution in [0.15, 0.2) is 47.4 Å². The highest BCUT2D eigenvalue weighted by Crippen LogP contribution is 2.31. The molecule has 0 spiro atoms. The lowest BCUT2D eigenvalue weighted by Gasteiger charge is -2.18. The molecular formula is C24H32N2O4S. The van der Waals surface area contributed by atoms with Crippen molar-refractivity contribution >= 4 is 23.6 Å². The molecule has 0 saturated heterocycles. The first kappa shape index (κ1) is 24.6. The Kier molecular flexibility index (Phi) is 9.72. The van der Waals surface area contributed by atoms with Crippen LogP contribution in [0.1, 0.15) is 56.1 Å². The van der Waals surface area contributed by atoms with Gasteiger partial charge in [0.25, 0.3) is 5.91 Å². The number of methoxy groups -OCH3 is 1. The van der Waals surface area contributed by atoms with Gasteiger partial charge in [0.15, 0.2) is 11.5 Å². The Balaban J connectivity index is 2.08. The van der Waals surface area contributed by atoms with Crippen molar-refractivity contribution in [3.63, 3.8) is 0 Å². The topological polar surface area (TPSA) is 76.7 Å². The quantitative estimate of drug-likeness (QED) is 0.496. The fourth-order valence-electron chi connectivity index (χ4n) is 2.93. The van der Waals surface area contributed by atoms with Gasteiger partial charge in [0.1, 0.15) is 0 Å². The number of benzene rings is 2. The molecule has 0 aliphatic heterocycles. The van der Waals surface area contributed by atoms with E-state index in [4.69, 9.17) is 9.47 Å². The minimum absolute atomic E-state index is 0.0546. The summed E-state index contributed by atoms with van der Waals surface area (Å²) < 4.78 is 11.1. The van der Waals surface area contributed by atoms with Crippen LogP contribution in [0.4, 0.5) is 0 Å². The van der Waals surface area contributed by atoms with Crippen LogP contribution in [0.25, 0.3) is 0 Å². The van der Waals surface area contributed by atoms with Gasteiger partial charge in [-0.05, 0) is 57.0 Å². The van der Waals surface area contributed by atoms with Crippen LogP contribution >= 0.6 is 11.8 Å². The summed E-state index contributed by atoms with van der Waals surface area (Å²) in [6.07, 6.45) is 0.911. The van der Waals surface area contributed by atoms with Gasteiger partial charge in [-0.1, -0.05) is 25.1 Å². The Hall–Kier alpha value is -2.67. The molecule has 2 aromatic rings.